The molecular formula is C13H16N2O4S. The van der Waals surface area contributed by atoms with Crippen molar-refractivity contribution in [1.82, 2.24) is 4.31 Å². The fourth-order valence-corrected chi connectivity index (χ4v) is 3.17. The van der Waals surface area contributed by atoms with Gasteiger partial charge in [0.2, 0.25) is 10.0 Å². The maximum atomic E-state index is 12.4. The first kappa shape index (κ1) is 14.7. The third kappa shape index (κ3) is 2.60. The average molecular weight is 296 g/mol. The molecule has 1 aromatic carbocycles. The second-order valence-electron chi connectivity index (χ2n) is 4.56. The van der Waals surface area contributed by atoms with E-state index in [9.17, 15) is 13.2 Å². The molecule has 0 aliphatic heterocycles. The summed E-state index contributed by atoms with van der Waals surface area (Å²) in [6, 6.07) is 6.86. The molecule has 0 amide bonds. The largest absolute Gasteiger partial charge is 0.423 e. The van der Waals surface area contributed by atoms with Crippen LogP contribution in [0.2, 0.25) is 0 Å². The number of sulfonamides is 1. The molecule has 20 heavy (non-hydrogen) atoms. The molecule has 1 heterocycles. The average Bonchev–Trinajstić information content (AvgIpc) is 2.44. The molecule has 7 heteroatoms. The zero-order valence-electron chi connectivity index (χ0n) is 11.2. The molecule has 0 aliphatic rings. The summed E-state index contributed by atoms with van der Waals surface area (Å²) in [7, 11) is -2.13. The van der Waals surface area contributed by atoms with Crippen molar-refractivity contribution in [2.45, 2.75) is 17.9 Å². The molecule has 2 rings (SSSR count). The summed E-state index contributed by atoms with van der Waals surface area (Å²) in [5.74, 6) is 0. The zero-order chi connectivity index (χ0) is 14.9. The van der Waals surface area contributed by atoms with E-state index in [0.29, 0.717) is 11.0 Å². The monoisotopic (exact) mass is 296 g/mol. The van der Waals surface area contributed by atoms with Gasteiger partial charge in [0.05, 0.1) is 4.90 Å². The van der Waals surface area contributed by atoms with Gasteiger partial charge in [-0.3, -0.25) is 0 Å². The van der Waals surface area contributed by atoms with Gasteiger partial charge in [0.15, 0.2) is 0 Å². The Morgan fingerprint density at radius 3 is 2.65 bits per heavy atom. The topological polar surface area (TPSA) is 93.6 Å². The molecule has 2 N–H and O–H groups in total. The van der Waals surface area contributed by atoms with E-state index in [0.717, 1.165) is 0 Å². The van der Waals surface area contributed by atoms with Crippen molar-refractivity contribution in [2.75, 3.05) is 13.6 Å². The molecule has 0 aliphatic carbocycles. The number of fused-ring (bicyclic) bond motifs is 1. The van der Waals surface area contributed by atoms with E-state index >= 15 is 0 Å². The molecule has 0 fully saturated rings. The van der Waals surface area contributed by atoms with Crippen molar-refractivity contribution in [3.63, 3.8) is 0 Å². The number of rotatable bonds is 4. The van der Waals surface area contributed by atoms with E-state index in [1.165, 1.54) is 41.7 Å². The first-order valence-electron chi connectivity index (χ1n) is 6.08. The van der Waals surface area contributed by atoms with Crippen LogP contribution in [0.15, 0.2) is 44.4 Å². The van der Waals surface area contributed by atoms with Crippen molar-refractivity contribution >= 4 is 21.0 Å². The van der Waals surface area contributed by atoms with Crippen LogP contribution in [0.1, 0.15) is 6.92 Å². The Morgan fingerprint density at radius 2 is 2.00 bits per heavy atom. The number of hydrogen-bond acceptors (Lipinski definition) is 5. The van der Waals surface area contributed by atoms with Crippen LogP contribution in [0.3, 0.4) is 0 Å². The third-order valence-corrected chi connectivity index (χ3v) is 5.20. The Bertz CT molecular complexity index is 782. The van der Waals surface area contributed by atoms with Crippen molar-refractivity contribution in [3.05, 3.63) is 40.8 Å². The van der Waals surface area contributed by atoms with Crippen molar-refractivity contribution in [1.29, 1.82) is 0 Å². The van der Waals surface area contributed by atoms with Gasteiger partial charge in [-0.2, -0.15) is 4.31 Å². The highest BCUT2D eigenvalue weighted by molar-refractivity contribution is 7.89. The van der Waals surface area contributed by atoms with Gasteiger partial charge in [0.25, 0.3) is 0 Å². The standard InChI is InChI=1S/C13H16N2O4S/c1-9(8-14)15(2)20(17,18)11-4-5-12-10(7-11)3-6-13(16)19-12/h3-7,9H,8,14H2,1-2H3. The van der Waals surface area contributed by atoms with Gasteiger partial charge in [0.1, 0.15) is 5.58 Å². The van der Waals surface area contributed by atoms with Gasteiger partial charge in [-0.25, -0.2) is 13.2 Å². The molecule has 2 aromatic rings. The Morgan fingerprint density at radius 1 is 1.30 bits per heavy atom. The normalized spacial score (nSPS) is 13.8. The van der Waals surface area contributed by atoms with Gasteiger partial charge in [0, 0.05) is 31.1 Å². The summed E-state index contributed by atoms with van der Waals surface area (Å²) < 4.78 is 31.0. The molecule has 0 saturated carbocycles. The maximum absolute atomic E-state index is 12.4. The lowest BCUT2D eigenvalue weighted by Gasteiger charge is -2.23. The van der Waals surface area contributed by atoms with Crippen LogP contribution in [-0.2, 0) is 10.0 Å². The summed E-state index contributed by atoms with van der Waals surface area (Å²) in [6.07, 6.45) is 0. The Hall–Kier alpha value is -1.70. The Balaban J connectivity index is 2.52. The highest BCUT2D eigenvalue weighted by Crippen LogP contribution is 2.21. The molecule has 0 saturated heterocycles. The highest BCUT2D eigenvalue weighted by Gasteiger charge is 2.24. The maximum Gasteiger partial charge on any atom is 0.336 e. The summed E-state index contributed by atoms with van der Waals surface area (Å²) in [4.78, 5) is 11.2. The van der Waals surface area contributed by atoms with E-state index in [1.54, 1.807) is 6.92 Å². The smallest absolute Gasteiger partial charge is 0.336 e. The summed E-state index contributed by atoms with van der Waals surface area (Å²) >= 11 is 0. The number of benzene rings is 1. The number of likely N-dealkylation sites (N-methyl/N-ethyl adjacent to an activating group) is 1. The van der Waals surface area contributed by atoms with Gasteiger partial charge < -0.3 is 10.2 Å². The van der Waals surface area contributed by atoms with Crippen LogP contribution in [0.25, 0.3) is 11.0 Å². The minimum absolute atomic E-state index is 0.140. The Labute approximate surface area is 116 Å². The lowest BCUT2D eigenvalue weighted by Crippen LogP contribution is -2.39. The number of nitrogens with zero attached hydrogens (tertiary/aromatic N) is 1. The predicted octanol–water partition coefficient (Wildman–Crippen LogP) is 0.761. The molecule has 108 valence electrons. The number of nitrogens with two attached hydrogens (primary N) is 1. The quantitative estimate of drug-likeness (QED) is 0.841. The Kier molecular flexibility index (Phi) is 3.94. The van der Waals surface area contributed by atoms with Gasteiger partial charge in [-0.1, -0.05) is 0 Å². The van der Waals surface area contributed by atoms with Crippen LogP contribution in [0, 0.1) is 0 Å². The second kappa shape index (κ2) is 5.35. The molecule has 1 aromatic heterocycles. The minimum Gasteiger partial charge on any atom is -0.423 e. The van der Waals surface area contributed by atoms with Crippen molar-refractivity contribution < 1.29 is 12.8 Å². The highest BCUT2D eigenvalue weighted by atomic mass is 32.2. The van der Waals surface area contributed by atoms with E-state index in [2.05, 4.69) is 0 Å². The first-order valence-corrected chi connectivity index (χ1v) is 7.52. The van der Waals surface area contributed by atoms with E-state index < -0.39 is 15.6 Å². The molecule has 6 nitrogen and oxygen atoms in total. The number of hydrogen-bond donors (Lipinski definition) is 1. The molecule has 0 radical (unpaired) electrons. The van der Waals surface area contributed by atoms with Crippen molar-refractivity contribution in [3.8, 4) is 0 Å². The fraction of sp³-hybridized carbons (Fsp3) is 0.308. The molecule has 0 spiro atoms. The zero-order valence-corrected chi connectivity index (χ0v) is 12.1. The van der Waals surface area contributed by atoms with Gasteiger partial charge >= 0.3 is 5.63 Å². The van der Waals surface area contributed by atoms with Crippen LogP contribution in [0.5, 0.6) is 0 Å². The van der Waals surface area contributed by atoms with E-state index in [1.807, 2.05) is 0 Å². The lowest BCUT2D eigenvalue weighted by molar-refractivity contribution is 0.394. The van der Waals surface area contributed by atoms with E-state index in [-0.39, 0.29) is 17.5 Å². The third-order valence-electron chi connectivity index (χ3n) is 3.23. The molecule has 1 unspecified atom stereocenters. The summed E-state index contributed by atoms with van der Waals surface area (Å²) in [6.45, 7) is 1.97. The second-order valence-corrected chi connectivity index (χ2v) is 6.56. The van der Waals surface area contributed by atoms with Crippen LogP contribution < -0.4 is 11.4 Å². The lowest BCUT2D eigenvalue weighted by atomic mass is 10.2. The summed E-state index contributed by atoms with van der Waals surface area (Å²) in [5.41, 5.74) is 5.38. The van der Waals surface area contributed by atoms with Crippen molar-refractivity contribution in [2.24, 2.45) is 5.73 Å². The van der Waals surface area contributed by atoms with E-state index in [4.69, 9.17) is 10.2 Å². The van der Waals surface area contributed by atoms with Gasteiger partial charge in [-0.15, -0.1) is 0 Å². The summed E-state index contributed by atoms with van der Waals surface area (Å²) in [5, 5.41) is 0.555. The fourth-order valence-electron chi connectivity index (χ4n) is 1.76. The van der Waals surface area contributed by atoms with Crippen LogP contribution >= 0.6 is 0 Å². The van der Waals surface area contributed by atoms with Gasteiger partial charge in [-0.05, 0) is 31.2 Å². The SMILES string of the molecule is CC(CN)N(C)S(=O)(=O)c1ccc2oc(=O)ccc2c1. The predicted molar refractivity (Wildman–Crippen MR) is 75.9 cm³/mol. The molecule has 0 bridgehead atoms. The first-order chi connectivity index (χ1) is 9.36. The van der Waals surface area contributed by atoms with Crippen LogP contribution in [-0.4, -0.2) is 32.4 Å². The molecule has 1 atom stereocenters. The van der Waals surface area contributed by atoms with Crippen LogP contribution in [0.4, 0.5) is 0 Å². The minimum atomic E-state index is -3.62. The molecular weight excluding hydrogens is 280 g/mol.